The summed E-state index contributed by atoms with van der Waals surface area (Å²) < 4.78 is 4.91. The van der Waals surface area contributed by atoms with E-state index in [1.165, 1.54) is 0 Å². The lowest BCUT2D eigenvalue weighted by atomic mass is 10.1. The van der Waals surface area contributed by atoms with Crippen molar-refractivity contribution < 1.29 is 9.84 Å². The van der Waals surface area contributed by atoms with Gasteiger partial charge in [-0.15, -0.1) is 0 Å². The van der Waals surface area contributed by atoms with Crippen molar-refractivity contribution in [2.75, 3.05) is 27.3 Å². The van der Waals surface area contributed by atoms with Crippen LogP contribution in [0, 0.1) is 0 Å². The largest absolute Gasteiger partial charge is 0.389 e. The first-order valence-corrected chi connectivity index (χ1v) is 6.34. The second-order valence-corrected chi connectivity index (χ2v) is 5.01. The number of hydrogen-bond acceptors (Lipinski definition) is 4. The summed E-state index contributed by atoms with van der Waals surface area (Å²) in [5.74, 6) is 0.439. The molecule has 1 aromatic rings. The van der Waals surface area contributed by atoms with Crippen LogP contribution in [0.15, 0.2) is 18.2 Å². The normalized spacial score (nSPS) is 13.3. The number of nitrogens with zero attached hydrogens (tertiary/aromatic N) is 2. The predicted molar refractivity (Wildman–Crippen MR) is 72.5 cm³/mol. The van der Waals surface area contributed by atoms with Crippen molar-refractivity contribution in [3.63, 3.8) is 0 Å². The molecule has 0 bridgehead atoms. The number of pyridine rings is 1. The molecule has 1 rings (SSSR count). The van der Waals surface area contributed by atoms with E-state index in [-0.39, 0.29) is 0 Å². The van der Waals surface area contributed by atoms with E-state index in [0.29, 0.717) is 19.1 Å². The highest BCUT2D eigenvalue weighted by Gasteiger charge is 2.09. The molecule has 0 aliphatic carbocycles. The molecule has 1 aromatic heterocycles. The SMILES string of the molecule is COCC(O)CN(C)Cc1cccc(C(C)C)n1. The van der Waals surface area contributed by atoms with Crippen molar-refractivity contribution in [2.45, 2.75) is 32.4 Å². The lowest BCUT2D eigenvalue weighted by Crippen LogP contribution is -2.31. The maximum Gasteiger partial charge on any atom is 0.0900 e. The summed E-state index contributed by atoms with van der Waals surface area (Å²) in [4.78, 5) is 6.66. The number of likely N-dealkylation sites (N-methyl/N-ethyl adjacent to an activating group) is 1. The van der Waals surface area contributed by atoms with Crippen LogP contribution in [-0.2, 0) is 11.3 Å². The van der Waals surface area contributed by atoms with E-state index < -0.39 is 6.10 Å². The Morgan fingerprint density at radius 2 is 2.11 bits per heavy atom. The van der Waals surface area contributed by atoms with E-state index in [4.69, 9.17) is 4.74 Å². The number of rotatable bonds is 7. The predicted octanol–water partition coefficient (Wildman–Crippen LogP) is 1.64. The number of aromatic nitrogens is 1. The minimum absolute atomic E-state index is 0.365. The molecule has 0 saturated carbocycles. The summed E-state index contributed by atoms with van der Waals surface area (Å²) >= 11 is 0. The standard InChI is InChI=1S/C14H24N2O2/c1-11(2)14-7-5-6-12(15-14)8-16(3)9-13(17)10-18-4/h5-7,11,13,17H,8-10H2,1-4H3. The van der Waals surface area contributed by atoms with Gasteiger partial charge in [0.05, 0.1) is 18.4 Å². The van der Waals surface area contributed by atoms with Crippen molar-refractivity contribution in [3.8, 4) is 0 Å². The summed E-state index contributed by atoms with van der Waals surface area (Å²) in [5, 5.41) is 9.65. The minimum atomic E-state index is -0.451. The molecule has 0 fully saturated rings. The Morgan fingerprint density at radius 3 is 2.72 bits per heavy atom. The summed E-state index contributed by atoms with van der Waals surface area (Å²) in [6, 6.07) is 6.11. The third-order valence-corrected chi connectivity index (χ3v) is 2.73. The van der Waals surface area contributed by atoms with Crippen LogP contribution >= 0.6 is 0 Å². The average molecular weight is 252 g/mol. The van der Waals surface area contributed by atoms with Crippen LogP contribution in [0.25, 0.3) is 0 Å². The van der Waals surface area contributed by atoms with E-state index in [0.717, 1.165) is 17.9 Å². The van der Waals surface area contributed by atoms with Gasteiger partial charge in [-0.3, -0.25) is 9.88 Å². The quantitative estimate of drug-likeness (QED) is 0.801. The highest BCUT2D eigenvalue weighted by Crippen LogP contribution is 2.12. The maximum absolute atomic E-state index is 9.65. The second kappa shape index (κ2) is 7.46. The third kappa shape index (κ3) is 5.12. The van der Waals surface area contributed by atoms with Crippen molar-refractivity contribution in [2.24, 2.45) is 0 Å². The lowest BCUT2D eigenvalue weighted by Gasteiger charge is -2.20. The van der Waals surface area contributed by atoms with Crippen molar-refractivity contribution in [1.82, 2.24) is 9.88 Å². The summed E-state index contributed by atoms with van der Waals surface area (Å²) in [6.45, 7) is 5.96. The van der Waals surface area contributed by atoms with Crippen molar-refractivity contribution in [1.29, 1.82) is 0 Å². The topological polar surface area (TPSA) is 45.6 Å². The molecule has 4 heteroatoms. The maximum atomic E-state index is 9.65. The Balaban J connectivity index is 2.53. The molecule has 4 nitrogen and oxygen atoms in total. The average Bonchev–Trinajstić information content (AvgIpc) is 2.29. The zero-order valence-electron chi connectivity index (χ0n) is 11.8. The fourth-order valence-electron chi connectivity index (χ4n) is 1.85. The van der Waals surface area contributed by atoms with Crippen LogP contribution in [-0.4, -0.2) is 48.4 Å². The minimum Gasteiger partial charge on any atom is -0.389 e. The van der Waals surface area contributed by atoms with E-state index in [1.807, 2.05) is 25.2 Å². The molecule has 102 valence electrons. The molecule has 0 amide bonds. The molecule has 0 saturated heterocycles. The molecular weight excluding hydrogens is 228 g/mol. The van der Waals surface area contributed by atoms with Gasteiger partial charge in [-0.1, -0.05) is 19.9 Å². The Bertz CT molecular complexity index is 355. The van der Waals surface area contributed by atoms with Crippen LogP contribution in [0.5, 0.6) is 0 Å². The summed E-state index contributed by atoms with van der Waals surface area (Å²) in [7, 11) is 3.57. The van der Waals surface area contributed by atoms with Gasteiger partial charge in [-0.05, 0) is 25.1 Å². The molecule has 0 aromatic carbocycles. The Morgan fingerprint density at radius 1 is 1.39 bits per heavy atom. The number of ether oxygens (including phenoxy) is 1. The van der Waals surface area contributed by atoms with Crippen LogP contribution in [0.4, 0.5) is 0 Å². The molecular formula is C14H24N2O2. The van der Waals surface area contributed by atoms with Crippen LogP contribution < -0.4 is 0 Å². The first kappa shape index (κ1) is 15.1. The van der Waals surface area contributed by atoms with Gasteiger partial charge in [0.25, 0.3) is 0 Å². The van der Waals surface area contributed by atoms with E-state index in [2.05, 4.69) is 23.7 Å². The van der Waals surface area contributed by atoms with Crippen molar-refractivity contribution >= 4 is 0 Å². The molecule has 0 radical (unpaired) electrons. The summed E-state index contributed by atoms with van der Waals surface area (Å²) in [6.07, 6.45) is -0.451. The first-order valence-electron chi connectivity index (χ1n) is 6.34. The lowest BCUT2D eigenvalue weighted by molar-refractivity contribution is 0.0416. The van der Waals surface area contributed by atoms with E-state index >= 15 is 0 Å². The fraction of sp³-hybridized carbons (Fsp3) is 0.643. The molecule has 0 aliphatic rings. The highest BCUT2D eigenvalue weighted by molar-refractivity contribution is 5.13. The first-order chi connectivity index (χ1) is 8.52. The Kier molecular flexibility index (Phi) is 6.25. The van der Waals surface area contributed by atoms with Gasteiger partial charge in [-0.25, -0.2) is 0 Å². The second-order valence-electron chi connectivity index (χ2n) is 5.01. The zero-order valence-corrected chi connectivity index (χ0v) is 11.8. The van der Waals surface area contributed by atoms with Gasteiger partial charge in [0, 0.05) is 25.9 Å². The van der Waals surface area contributed by atoms with Gasteiger partial charge in [0.15, 0.2) is 0 Å². The number of aliphatic hydroxyl groups excluding tert-OH is 1. The van der Waals surface area contributed by atoms with E-state index in [1.54, 1.807) is 7.11 Å². The molecule has 1 unspecified atom stereocenters. The van der Waals surface area contributed by atoms with Crippen LogP contribution in [0.2, 0.25) is 0 Å². The monoisotopic (exact) mass is 252 g/mol. The molecule has 0 spiro atoms. The van der Waals surface area contributed by atoms with Crippen molar-refractivity contribution in [3.05, 3.63) is 29.6 Å². The zero-order chi connectivity index (χ0) is 13.5. The summed E-state index contributed by atoms with van der Waals surface area (Å²) in [5.41, 5.74) is 2.15. The van der Waals surface area contributed by atoms with Gasteiger partial charge in [0.2, 0.25) is 0 Å². The van der Waals surface area contributed by atoms with Crippen LogP contribution in [0.1, 0.15) is 31.2 Å². The van der Waals surface area contributed by atoms with Gasteiger partial charge in [0.1, 0.15) is 0 Å². The highest BCUT2D eigenvalue weighted by atomic mass is 16.5. The Labute approximate surface area is 110 Å². The number of hydrogen-bond donors (Lipinski definition) is 1. The molecule has 18 heavy (non-hydrogen) atoms. The number of aliphatic hydroxyl groups is 1. The number of methoxy groups -OCH3 is 1. The fourth-order valence-corrected chi connectivity index (χ4v) is 1.85. The van der Waals surface area contributed by atoms with Gasteiger partial charge < -0.3 is 9.84 Å². The van der Waals surface area contributed by atoms with Gasteiger partial charge in [-0.2, -0.15) is 0 Å². The molecule has 1 N–H and O–H groups in total. The van der Waals surface area contributed by atoms with Crippen LogP contribution in [0.3, 0.4) is 0 Å². The smallest absolute Gasteiger partial charge is 0.0900 e. The third-order valence-electron chi connectivity index (χ3n) is 2.73. The molecule has 1 heterocycles. The Hall–Kier alpha value is -0.970. The van der Waals surface area contributed by atoms with Gasteiger partial charge >= 0.3 is 0 Å². The molecule has 1 atom stereocenters. The van der Waals surface area contributed by atoms with E-state index in [9.17, 15) is 5.11 Å². The molecule has 0 aliphatic heterocycles.